The molecule has 4 heterocycles. The lowest BCUT2D eigenvalue weighted by molar-refractivity contribution is -0.366. The van der Waals surface area contributed by atoms with Gasteiger partial charge in [-0.1, -0.05) is 27.7 Å². The van der Waals surface area contributed by atoms with Gasteiger partial charge >= 0.3 is 0 Å². The van der Waals surface area contributed by atoms with Crippen molar-refractivity contribution >= 4 is 0 Å². The molecule has 0 unspecified atom stereocenters. The Morgan fingerprint density at radius 1 is 0.646 bits per heavy atom. The van der Waals surface area contributed by atoms with Crippen molar-refractivity contribution in [1.82, 2.24) is 0 Å². The first-order valence-electron chi connectivity index (χ1n) is 24.2. The Bertz CT molecular complexity index is 1600. The average Bonchev–Trinajstić information content (AvgIpc) is 3.74. The first-order valence-corrected chi connectivity index (χ1v) is 24.2. The van der Waals surface area contributed by atoms with Crippen LogP contribution in [0.3, 0.4) is 0 Å². The molecule has 11 N–H and O–H groups in total. The lowest BCUT2D eigenvalue weighted by atomic mass is 9.43. The molecule has 0 amide bonds. The van der Waals surface area contributed by atoms with Gasteiger partial charge in [-0.2, -0.15) is 0 Å². The Balaban J connectivity index is 0.965. The molecule has 4 aliphatic carbocycles. The van der Waals surface area contributed by atoms with E-state index in [9.17, 15) is 56.2 Å². The van der Waals surface area contributed by atoms with Crippen LogP contribution >= 0.6 is 0 Å². The van der Waals surface area contributed by atoms with E-state index in [0.717, 1.165) is 25.7 Å². The van der Waals surface area contributed by atoms with Crippen LogP contribution in [-0.2, 0) is 37.9 Å². The fraction of sp³-hybridized carbons (Fsp3) is 1.00. The smallest absolute Gasteiger partial charge is 0.187 e. The predicted octanol–water partition coefficient (Wildman–Crippen LogP) is -1.13. The number of hydrogen-bond donors (Lipinski definition) is 11. The summed E-state index contributed by atoms with van der Waals surface area (Å²) >= 11 is 0. The molecule has 8 fully saturated rings. The molecule has 19 nitrogen and oxygen atoms in total. The summed E-state index contributed by atoms with van der Waals surface area (Å²) in [7, 11) is 1.70. The van der Waals surface area contributed by atoms with Crippen LogP contribution < -0.4 is 0 Å². The minimum atomic E-state index is -1.70. The molecule has 0 spiro atoms. The zero-order valence-corrected chi connectivity index (χ0v) is 38.6. The fourth-order valence-corrected chi connectivity index (χ4v) is 14.5. The van der Waals surface area contributed by atoms with Gasteiger partial charge in [0.25, 0.3) is 0 Å². The van der Waals surface area contributed by atoms with Crippen LogP contribution in [0.15, 0.2) is 0 Å². The van der Waals surface area contributed by atoms with Crippen molar-refractivity contribution in [2.24, 2.45) is 52.3 Å². The van der Waals surface area contributed by atoms with Crippen LogP contribution in [0.2, 0.25) is 0 Å². The van der Waals surface area contributed by atoms with Gasteiger partial charge < -0.3 is 94.1 Å². The van der Waals surface area contributed by atoms with E-state index in [2.05, 4.69) is 20.8 Å². The molecule has 376 valence electrons. The third-order valence-corrected chi connectivity index (χ3v) is 18.3. The average molecular weight is 935 g/mol. The largest absolute Gasteiger partial charge is 0.394 e. The number of rotatable bonds is 13. The third-order valence-electron chi connectivity index (χ3n) is 18.3. The number of aliphatic hydroxyl groups is 11. The summed E-state index contributed by atoms with van der Waals surface area (Å²) < 4.78 is 49.3. The minimum Gasteiger partial charge on any atom is -0.394 e. The normalized spacial score (nSPS) is 56.1. The molecule has 65 heavy (non-hydrogen) atoms. The number of aliphatic hydroxyl groups excluding tert-OH is 11. The van der Waals surface area contributed by atoms with Gasteiger partial charge in [-0.05, 0) is 105 Å². The number of methoxy groups -OCH3 is 1. The Morgan fingerprint density at radius 3 is 1.97 bits per heavy atom. The van der Waals surface area contributed by atoms with Crippen LogP contribution in [0.25, 0.3) is 0 Å². The van der Waals surface area contributed by atoms with Gasteiger partial charge in [-0.3, -0.25) is 0 Å². The molecule has 28 atom stereocenters. The van der Waals surface area contributed by atoms with E-state index < -0.39 is 123 Å². The van der Waals surface area contributed by atoms with Crippen molar-refractivity contribution in [2.75, 3.05) is 26.9 Å². The summed E-state index contributed by atoms with van der Waals surface area (Å²) in [5.74, 6) is 0.101. The fourth-order valence-electron chi connectivity index (χ4n) is 14.5. The highest BCUT2D eigenvalue weighted by Crippen LogP contribution is 2.71. The van der Waals surface area contributed by atoms with Gasteiger partial charge in [0.1, 0.15) is 67.1 Å². The van der Waals surface area contributed by atoms with Gasteiger partial charge in [-0.15, -0.1) is 0 Å². The van der Waals surface area contributed by atoms with Gasteiger partial charge in [0.2, 0.25) is 0 Å². The predicted molar refractivity (Wildman–Crippen MR) is 224 cm³/mol. The lowest BCUT2D eigenvalue weighted by Crippen LogP contribution is -2.65. The molecular weight excluding hydrogens is 856 g/mol. The molecule has 4 saturated heterocycles. The first-order chi connectivity index (χ1) is 30.7. The molecule has 4 aliphatic heterocycles. The van der Waals surface area contributed by atoms with E-state index in [-0.39, 0.29) is 59.0 Å². The molecular formula is C46H78O19. The maximum absolute atomic E-state index is 11.8. The number of hydrogen-bond acceptors (Lipinski definition) is 19. The standard InChI is InChI=1S/C46H78O19/c1-19(18-59-41-37(55)36(54)33(51)29(16-47)62-41)7-12-46(58-6)20(2)31-28(65-46)15-25-23-14-27(26-13-22(49)8-10-44(26,4)24(23)9-11-45(25,31)5)61-43-39(57)40(34(52)30(17-48)63-43)64-42-38(56)35(53)32(50)21(3)60-42/h19-43,47-57H,7-18H2,1-6H3/t19-,20-,21-,22-,23+,24-,25-,26+,27-,28-,29+,30+,31-,32-,33+,34+,35+,36-,37+,38+,39+,40-,41+,42-,43+,44+,45-,46+/m0/s1. The van der Waals surface area contributed by atoms with Gasteiger partial charge in [0.05, 0.1) is 44.2 Å². The first kappa shape index (κ1) is 50.6. The molecule has 8 rings (SSSR count). The Morgan fingerprint density at radius 2 is 1.28 bits per heavy atom. The van der Waals surface area contributed by atoms with Crippen LogP contribution in [-0.4, -0.2) is 199 Å². The molecule has 8 aliphatic rings. The highest BCUT2D eigenvalue weighted by Gasteiger charge is 2.70. The Hall–Kier alpha value is -0.760. The number of ether oxygens (including phenoxy) is 8. The molecule has 0 bridgehead atoms. The van der Waals surface area contributed by atoms with E-state index >= 15 is 0 Å². The van der Waals surface area contributed by atoms with Crippen LogP contribution in [0.4, 0.5) is 0 Å². The highest BCUT2D eigenvalue weighted by atomic mass is 16.7. The summed E-state index contributed by atoms with van der Waals surface area (Å²) in [6, 6.07) is 0. The minimum absolute atomic E-state index is 0.0199. The maximum Gasteiger partial charge on any atom is 0.187 e. The van der Waals surface area contributed by atoms with Gasteiger partial charge in [-0.25, -0.2) is 0 Å². The molecule has 19 heteroatoms. The van der Waals surface area contributed by atoms with Crippen molar-refractivity contribution in [3.63, 3.8) is 0 Å². The van der Waals surface area contributed by atoms with Crippen LogP contribution in [0, 0.1) is 52.3 Å². The quantitative estimate of drug-likeness (QED) is 0.0975. The van der Waals surface area contributed by atoms with E-state index in [1.165, 1.54) is 6.92 Å². The van der Waals surface area contributed by atoms with E-state index in [4.69, 9.17) is 37.9 Å². The Labute approximate surface area is 381 Å². The van der Waals surface area contributed by atoms with E-state index in [0.29, 0.717) is 38.0 Å². The molecule has 0 aromatic rings. The lowest BCUT2D eigenvalue weighted by Gasteiger charge is -2.63. The summed E-state index contributed by atoms with van der Waals surface area (Å²) in [6.45, 7) is 9.47. The van der Waals surface area contributed by atoms with Crippen molar-refractivity contribution in [3.8, 4) is 0 Å². The molecule has 0 aromatic heterocycles. The zero-order valence-electron chi connectivity index (χ0n) is 38.6. The summed E-state index contributed by atoms with van der Waals surface area (Å²) in [4.78, 5) is 0. The zero-order chi connectivity index (χ0) is 47.1. The van der Waals surface area contributed by atoms with Crippen molar-refractivity contribution in [3.05, 3.63) is 0 Å². The SMILES string of the molecule is CO[C@]1(CC[C@H](C)CO[C@@H]2O[C@H](CO)[C@@H](O)[C@H](O)[C@H]2O)O[C@H]2C[C@H]3[C@@H]4C[C@H](O[C@@H]5O[C@H](CO)[C@@H](O)[C@H](O[C@@H]6O[C@@H](C)[C@H](O)[C@@H](O)[C@H]6O)[C@H]5O)[C@H]5C[C@@H](O)CC[C@]5(C)[C@H]4CC[C@]3(C)[C@H]2[C@@H]1C. The van der Waals surface area contributed by atoms with Gasteiger partial charge in [0, 0.05) is 19.4 Å². The van der Waals surface area contributed by atoms with Crippen LogP contribution in [0.5, 0.6) is 0 Å². The Kier molecular flexibility index (Phi) is 15.1. The second kappa shape index (κ2) is 19.4. The van der Waals surface area contributed by atoms with E-state index in [1.807, 2.05) is 6.92 Å². The second-order valence-corrected chi connectivity index (χ2v) is 21.8. The van der Waals surface area contributed by atoms with Crippen molar-refractivity contribution < 1.29 is 94.1 Å². The highest BCUT2D eigenvalue weighted by molar-refractivity contribution is 5.16. The van der Waals surface area contributed by atoms with E-state index in [1.54, 1.807) is 7.11 Å². The monoisotopic (exact) mass is 935 g/mol. The van der Waals surface area contributed by atoms with Crippen molar-refractivity contribution in [1.29, 1.82) is 0 Å². The second-order valence-electron chi connectivity index (χ2n) is 21.8. The van der Waals surface area contributed by atoms with Gasteiger partial charge in [0.15, 0.2) is 24.7 Å². The number of fused-ring (bicyclic) bond motifs is 7. The van der Waals surface area contributed by atoms with Crippen LogP contribution in [0.1, 0.15) is 92.4 Å². The molecule has 4 saturated carbocycles. The summed E-state index contributed by atoms with van der Waals surface area (Å²) in [5.41, 5.74) is -0.311. The summed E-state index contributed by atoms with van der Waals surface area (Å²) in [5, 5.41) is 116. The molecule has 0 aromatic carbocycles. The summed E-state index contributed by atoms with van der Waals surface area (Å²) in [6.07, 6.45) is -15.5. The topological polar surface area (TPSA) is 296 Å². The third kappa shape index (κ3) is 8.79. The molecule has 0 radical (unpaired) electrons. The maximum atomic E-state index is 11.8. The van der Waals surface area contributed by atoms with Crippen molar-refractivity contribution in [2.45, 2.75) is 209 Å².